The Balaban J connectivity index is 2.14. The topological polar surface area (TPSA) is 27.7 Å². The minimum Gasteiger partial charge on any atom is -0.383 e. The van der Waals surface area contributed by atoms with E-state index in [9.17, 15) is 0 Å². The third-order valence-corrected chi connectivity index (χ3v) is 3.39. The Bertz CT molecular complexity index is 178. The van der Waals surface area contributed by atoms with Crippen LogP contribution in [0.5, 0.6) is 0 Å². The Morgan fingerprint density at radius 1 is 1.35 bits per heavy atom. The van der Waals surface area contributed by atoms with E-state index in [2.05, 4.69) is 29.1 Å². The normalized spacial score (nSPS) is 19.1. The summed E-state index contributed by atoms with van der Waals surface area (Å²) in [6.07, 6.45) is 2.76. The summed E-state index contributed by atoms with van der Waals surface area (Å²) in [5, 5.41) is 3.46. The zero-order valence-corrected chi connectivity index (χ0v) is 11.7. The molecule has 1 heterocycles. The van der Waals surface area contributed by atoms with E-state index in [0.29, 0.717) is 6.04 Å². The summed E-state index contributed by atoms with van der Waals surface area (Å²) < 4.78 is 5.24. The zero-order chi connectivity index (χ0) is 12.5. The van der Waals surface area contributed by atoms with E-state index < -0.39 is 0 Å². The van der Waals surface area contributed by atoms with Crippen molar-refractivity contribution in [2.24, 2.45) is 0 Å². The van der Waals surface area contributed by atoms with Gasteiger partial charge in [0.05, 0.1) is 6.61 Å². The maximum absolute atomic E-state index is 5.24. The number of rotatable bonds is 9. The molecule has 4 nitrogen and oxygen atoms in total. The Kier molecular flexibility index (Phi) is 7.77. The third kappa shape index (κ3) is 6.36. The van der Waals surface area contributed by atoms with Crippen LogP contribution in [0, 0.1) is 0 Å². The number of methoxy groups -OCH3 is 1. The van der Waals surface area contributed by atoms with Crippen LogP contribution in [0.25, 0.3) is 0 Å². The highest BCUT2D eigenvalue weighted by molar-refractivity contribution is 4.72. The van der Waals surface area contributed by atoms with Gasteiger partial charge in [-0.2, -0.15) is 0 Å². The first kappa shape index (κ1) is 14.9. The summed E-state index contributed by atoms with van der Waals surface area (Å²) in [4.78, 5) is 4.97. The van der Waals surface area contributed by atoms with Crippen molar-refractivity contribution >= 4 is 0 Å². The highest BCUT2D eigenvalue weighted by atomic mass is 16.5. The Hall–Kier alpha value is -0.160. The largest absolute Gasteiger partial charge is 0.383 e. The summed E-state index contributed by atoms with van der Waals surface area (Å²) in [6, 6.07) is 0.452. The van der Waals surface area contributed by atoms with E-state index in [0.717, 1.165) is 26.2 Å². The van der Waals surface area contributed by atoms with E-state index >= 15 is 0 Å². The molecule has 0 aliphatic carbocycles. The van der Waals surface area contributed by atoms with Crippen molar-refractivity contribution < 1.29 is 4.74 Å². The lowest BCUT2D eigenvalue weighted by atomic mass is 10.3. The van der Waals surface area contributed by atoms with Gasteiger partial charge in [0.15, 0.2) is 0 Å². The third-order valence-electron chi connectivity index (χ3n) is 3.39. The van der Waals surface area contributed by atoms with Crippen LogP contribution in [0.3, 0.4) is 0 Å². The van der Waals surface area contributed by atoms with Gasteiger partial charge in [0, 0.05) is 32.8 Å². The van der Waals surface area contributed by atoms with E-state index in [1.807, 2.05) is 0 Å². The second kappa shape index (κ2) is 8.86. The maximum atomic E-state index is 5.24. The molecule has 1 rings (SSSR count). The maximum Gasteiger partial charge on any atom is 0.0628 e. The number of nitrogens with zero attached hydrogens (tertiary/aromatic N) is 2. The number of hydrogen-bond acceptors (Lipinski definition) is 4. The highest BCUT2D eigenvalue weighted by Gasteiger charge is 2.14. The van der Waals surface area contributed by atoms with E-state index in [-0.39, 0.29) is 0 Å². The minimum absolute atomic E-state index is 0.452. The van der Waals surface area contributed by atoms with Crippen LogP contribution in [0.4, 0.5) is 0 Å². The molecule has 1 aliphatic heterocycles. The first-order valence-corrected chi connectivity index (χ1v) is 6.89. The molecule has 17 heavy (non-hydrogen) atoms. The van der Waals surface area contributed by atoms with Crippen molar-refractivity contribution in [3.05, 3.63) is 0 Å². The number of likely N-dealkylation sites (N-methyl/N-ethyl adjacent to an activating group) is 2. The second-order valence-electron chi connectivity index (χ2n) is 5.02. The minimum atomic E-state index is 0.452. The van der Waals surface area contributed by atoms with Gasteiger partial charge in [-0.05, 0) is 39.5 Å². The van der Waals surface area contributed by atoms with Gasteiger partial charge in [0.2, 0.25) is 0 Å². The predicted molar refractivity (Wildman–Crippen MR) is 72.5 cm³/mol. The van der Waals surface area contributed by atoms with Crippen molar-refractivity contribution in [2.75, 3.05) is 60.0 Å². The van der Waals surface area contributed by atoms with Crippen molar-refractivity contribution in [1.29, 1.82) is 0 Å². The molecule has 1 atom stereocenters. The molecular weight excluding hydrogens is 214 g/mol. The summed E-state index contributed by atoms with van der Waals surface area (Å²) in [5.74, 6) is 0. The molecule has 1 unspecified atom stereocenters. The number of likely N-dealkylation sites (tertiary alicyclic amines) is 1. The highest BCUT2D eigenvalue weighted by Crippen LogP contribution is 2.06. The van der Waals surface area contributed by atoms with Crippen LogP contribution in [0.1, 0.15) is 19.8 Å². The zero-order valence-electron chi connectivity index (χ0n) is 11.7. The van der Waals surface area contributed by atoms with Gasteiger partial charge in [-0.3, -0.25) is 0 Å². The number of ether oxygens (including phenoxy) is 1. The smallest absolute Gasteiger partial charge is 0.0628 e. The van der Waals surface area contributed by atoms with Crippen LogP contribution in [0.15, 0.2) is 0 Å². The molecule has 1 aliphatic rings. The van der Waals surface area contributed by atoms with Gasteiger partial charge in [-0.25, -0.2) is 0 Å². The lowest BCUT2D eigenvalue weighted by molar-refractivity contribution is 0.142. The van der Waals surface area contributed by atoms with Gasteiger partial charge in [-0.15, -0.1) is 0 Å². The van der Waals surface area contributed by atoms with Crippen LogP contribution in [-0.2, 0) is 4.74 Å². The SMILES string of the molecule is CCNC(COC)CN(C)CCN1CCCC1. The van der Waals surface area contributed by atoms with Crippen LogP contribution >= 0.6 is 0 Å². The van der Waals surface area contributed by atoms with Crippen LogP contribution < -0.4 is 5.32 Å². The molecule has 102 valence electrons. The van der Waals surface area contributed by atoms with Gasteiger partial charge in [0.25, 0.3) is 0 Å². The van der Waals surface area contributed by atoms with E-state index in [1.165, 1.54) is 32.5 Å². The Labute approximate surface area is 106 Å². The number of nitrogens with one attached hydrogen (secondary N) is 1. The molecular formula is C13H29N3O. The summed E-state index contributed by atoms with van der Waals surface area (Å²) in [6.45, 7) is 9.97. The molecule has 0 radical (unpaired) electrons. The fourth-order valence-corrected chi connectivity index (χ4v) is 2.45. The fourth-order valence-electron chi connectivity index (χ4n) is 2.45. The van der Waals surface area contributed by atoms with Crippen molar-refractivity contribution in [3.8, 4) is 0 Å². The van der Waals surface area contributed by atoms with E-state index in [4.69, 9.17) is 4.74 Å². The van der Waals surface area contributed by atoms with Crippen molar-refractivity contribution in [3.63, 3.8) is 0 Å². The van der Waals surface area contributed by atoms with Gasteiger partial charge >= 0.3 is 0 Å². The molecule has 0 saturated carbocycles. The van der Waals surface area contributed by atoms with Gasteiger partial charge in [-0.1, -0.05) is 6.92 Å². The average Bonchev–Trinajstić information content (AvgIpc) is 2.80. The number of hydrogen-bond donors (Lipinski definition) is 1. The van der Waals surface area contributed by atoms with Crippen molar-refractivity contribution in [2.45, 2.75) is 25.8 Å². The summed E-state index contributed by atoms with van der Waals surface area (Å²) in [5.41, 5.74) is 0. The lowest BCUT2D eigenvalue weighted by Crippen LogP contribution is -2.44. The summed E-state index contributed by atoms with van der Waals surface area (Å²) in [7, 11) is 3.98. The van der Waals surface area contributed by atoms with Gasteiger partial charge in [0.1, 0.15) is 0 Å². The molecule has 0 aromatic rings. The predicted octanol–water partition coefficient (Wildman–Crippen LogP) is 0.639. The standard InChI is InChI=1S/C13H29N3O/c1-4-14-13(12-17-3)11-15(2)9-10-16-7-5-6-8-16/h13-14H,4-12H2,1-3H3. The molecule has 0 aromatic heterocycles. The van der Waals surface area contributed by atoms with E-state index in [1.54, 1.807) is 7.11 Å². The molecule has 1 N–H and O–H groups in total. The molecule has 4 heteroatoms. The molecule has 1 fully saturated rings. The molecule has 0 bridgehead atoms. The van der Waals surface area contributed by atoms with Crippen molar-refractivity contribution in [1.82, 2.24) is 15.1 Å². The molecule has 0 spiro atoms. The molecule has 0 amide bonds. The fraction of sp³-hybridized carbons (Fsp3) is 1.00. The Morgan fingerprint density at radius 2 is 2.06 bits per heavy atom. The van der Waals surface area contributed by atoms with Gasteiger partial charge < -0.3 is 19.9 Å². The lowest BCUT2D eigenvalue weighted by Gasteiger charge is -2.26. The first-order valence-electron chi connectivity index (χ1n) is 6.89. The average molecular weight is 243 g/mol. The van der Waals surface area contributed by atoms with Crippen LogP contribution in [-0.4, -0.2) is 75.9 Å². The summed E-state index contributed by atoms with van der Waals surface area (Å²) >= 11 is 0. The second-order valence-corrected chi connectivity index (χ2v) is 5.02. The first-order chi connectivity index (χ1) is 8.26. The molecule has 0 aromatic carbocycles. The Morgan fingerprint density at radius 3 is 2.65 bits per heavy atom. The molecule has 1 saturated heterocycles. The quantitative estimate of drug-likeness (QED) is 0.643. The monoisotopic (exact) mass is 243 g/mol. The van der Waals surface area contributed by atoms with Crippen LogP contribution in [0.2, 0.25) is 0 Å².